The van der Waals surface area contributed by atoms with Crippen molar-refractivity contribution in [2.75, 3.05) is 11.9 Å². The predicted molar refractivity (Wildman–Crippen MR) is 107 cm³/mol. The van der Waals surface area contributed by atoms with Crippen molar-refractivity contribution < 1.29 is 4.79 Å². The lowest BCUT2D eigenvalue weighted by Gasteiger charge is -2.14. The molecule has 28 heavy (non-hydrogen) atoms. The predicted octanol–water partition coefficient (Wildman–Crippen LogP) is 2.16. The van der Waals surface area contributed by atoms with E-state index in [1.807, 2.05) is 17.9 Å². The molecule has 140 valence electrons. The fourth-order valence-electron chi connectivity index (χ4n) is 3.58. The van der Waals surface area contributed by atoms with Gasteiger partial charge in [0.15, 0.2) is 10.8 Å². The topological polar surface area (TPSA) is 96.8 Å². The average Bonchev–Trinajstić information content (AvgIpc) is 3.31. The van der Waals surface area contributed by atoms with Crippen molar-refractivity contribution in [1.82, 2.24) is 25.0 Å². The molecule has 1 aliphatic rings. The lowest BCUT2D eigenvalue weighted by Crippen LogP contribution is -2.28. The van der Waals surface area contributed by atoms with E-state index in [0.29, 0.717) is 15.9 Å². The molecule has 0 fully saturated rings. The van der Waals surface area contributed by atoms with Crippen molar-refractivity contribution in [3.63, 3.8) is 0 Å². The second-order valence-corrected chi connectivity index (χ2v) is 7.77. The zero-order valence-corrected chi connectivity index (χ0v) is 16.1. The summed E-state index contributed by atoms with van der Waals surface area (Å²) >= 11 is 1.51. The number of carbonyl (C=O) groups is 1. The lowest BCUT2D eigenvalue weighted by atomic mass is 10.0. The van der Waals surface area contributed by atoms with Gasteiger partial charge in [0.25, 0.3) is 11.5 Å². The summed E-state index contributed by atoms with van der Waals surface area (Å²) in [6.07, 6.45) is 3.61. The van der Waals surface area contributed by atoms with Crippen molar-refractivity contribution in [1.29, 1.82) is 0 Å². The van der Waals surface area contributed by atoms with Crippen LogP contribution in [0.5, 0.6) is 0 Å². The van der Waals surface area contributed by atoms with E-state index >= 15 is 0 Å². The number of hydrogen-bond acceptors (Lipinski definition) is 6. The number of amides is 1. The normalized spacial score (nSPS) is 12.6. The van der Waals surface area contributed by atoms with Gasteiger partial charge in [0, 0.05) is 35.6 Å². The molecule has 1 N–H and O–H groups in total. The molecule has 0 unspecified atom stereocenters. The van der Waals surface area contributed by atoms with Crippen molar-refractivity contribution >= 4 is 33.1 Å². The molecular formula is C19H16N6O2S. The lowest BCUT2D eigenvalue weighted by molar-refractivity contribution is 0.0989. The third kappa shape index (κ3) is 2.40. The fourth-order valence-corrected chi connectivity index (χ4v) is 4.61. The highest BCUT2D eigenvalue weighted by molar-refractivity contribution is 7.16. The van der Waals surface area contributed by atoms with Crippen molar-refractivity contribution in [3.8, 4) is 11.3 Å². The Labute approximate surface area is 163 Å². The molecule has 0 spiro atoms. The summed E-state index contributed by atoms with van der Waals surface area (Å²) in [5, 5.41) is 12.3. The molecule has 1 amide bonds. The highest BCUT2D eigenvalue weighted by Gasteiger charge is 2.27. The Morgan fingerprint density at radius 1 is 1.25 bits per heavy atom. The van der Waals surface area contributed by atoms with Crippen LogP contribution in [0.3, 0.4) is 0 Å². The number of fused-ring (bicyclic) bond motifs is 4. The summed E-state index contributed by atoms with van der Waals surface area (Å²) in [7, 11) is 3.61. The molecule has 0 radical (unpaired) electrons. The van der Waals surface area contributed by atoms with E-state index in [1.54, 1.807) is 31.3 Å². The molecule has 1 aliphatic carbocycles. The third-order valence-electron chi connectivity index (χ3n) is 5.08. The van der Waals surface area contributed by atoms with Crippen LogP contribution in [-0.4, -0.2) is 37.9 Å². The smallest absolute Gasteiger partial charge is 0.280 e. The molecule has 8 nitrogen and oxygen atoms in total. The van der Waals surface area contributed by atoms with Gasteiger partial charge in [0.05, 0.1) is 17.3 Å². The Balaban J connectivity index is 1.56. The average molecular weight is 392 g/mol. The summed E-state index contributed by atoms with van der Waals surface area (Å²) in [5.74, 6) is -0.315. The highest BCUT2D eigenvalue weighted by atomic mass is 32.1. The van der Waals surface area contributed by atoms with Crippen molar-refractivity contribution in [3.05, 3.63) is 57.1 Å². The number of hydrogen-bond donors (Lipinski definition) is 1. The maximum Gasteiger partial charge on any atom is 0.280 e. The first-order valence-electron chi connectivity index (χ1n) is 8.81. The fraction of sp³-hybridized carbons (Fsp3) is 0.211. The number of aromatic nitrogens is 5. The van der Waals surface area contributed by atoms with Gasteiger partial charge in [0.1, 0.15) is 0 Å². The third-order valence-corrected chi connectivity index (χ3v) is 6.27. The maximum absolute atomic E-state index is 13.1. The van der Waals surface area contributed by atoms with Crippen LogP contribution in [0.2, 0.25) is 0 Å². The molecular weight excluding hydrogens is 376 g/mol. The zero-order chi connectivity index (χ0) is 19.4. The molecule has 0 saturated heterocycles. The van der Waals surface area contributed by atoms with E-state index in [4.69, 9.17) is 4.98 Å². The van der Waals surface area contributed by atoms with Crippen molar-refractivity contribution in [2.24, 2.45) is 7.05 Å². The second-order valence-electron chi connectivity index (χ2n) is 6.71. The first-order valence-corrected chi connectivity index (χ1v) is 9.62. The summed E-state index contributed by atoms with van der Waals surface area (Å²) in [6, 6.07) is 6.95. The van der Waals surface area contributed by atoms with Crippen LogP contribution in [-0.2, 0) is 19.9 Å². The molecule has 3 heterocycles. The van der Waals surface area contributed by atoms with Crippen molar-refractivity contribution in [2.45, 2.75) is 12.8 Å². The van der Waals surface area contributed by atoms with E-state index in [1.165, 1.54) is 16.2 Å². The number of nitrogens with zero attached hydrogens (tertiary/aromatic N) is 5. The molecule has 0 atom stereocenters. The Morgan fingerprint density at radius 3 is 2.86 bits per heavy atom. The van der Waals surface area contributed by atoms with Crippen LogP contribution in [0.25, 0.3) is 22.0 Å². The number of rotatable bonds is 2. The van der Waals surface area contributed by atoms with E-state index in [0.717, 1.165) is 34.7 Å². The summed E-state index contributed by atoms with van der Waals surface area (Å²) in [5.41, 5.74) is 2.97. The van der Waals surface area contributed by atoms with Gasteiger partial charge in [-0.05, 0) is 18.9 Å². The number of H-pyrrole nitrogens is 1. The van der Waals surface area contributed by atoms with Gasteiger partial charge in [0.2, 0.25) is 0 Å². The minimum Gasteiger partial charge on any atom is -0.286 e. The zero-order valence-electron chi connectivity index (χ0n) is 15.3. The number of thiazole rings is 1. The SMILES string of the molecule is CN(C(=O)c1n[nH]c(=O)c2ccccc12)c1nc2c(s1)CCc1c-2cnn1C. The standard InChI is InChI=1S/C19H16N6O2S/c1-24(18(27)16-10-5-3-4-6-11(10)17(26)23-22-16)19-21-15-12-9-20-25(2)13(12)7-8-14(15)28-19/h3-6,9H,7-8H2,1-2H3,(H,23,26). The summed E-state index contributed by atoms with van der Waals surface area (Å²) < 4.78 is 1.88. The van der Waals surface area contributed by atoms with E-state index in [2.05, 4.69) is 15.3 Å². The largest absolute Gasteiger partial charge is 0.286 e. The first-order chi connectivity index (χ1) is 13.5. The van der Waals surface area contributed by atoms with Crippen LogP contribution in [0, 0.1) is 0 Å². The Bertz CT molecular complexity index is 1300. The number of nitrogens with one attached hydrogen (secondary N) is 1. The first kappa shape index (κ1) is 16.8. The molecule has 0 aliphatic heterocycles. The summed E-state index contributed by atoms with van der Waals surface area (Å²) in [4.78, 5) is 32.5. The Hall–Kier alpha value is -3.33. The van der Waals surface area contributed by atoms with E-state index in [9.17, 15) is 9.59 Å². The van der Waals surface area contributed by atoms with Crippen LogP contribution >= 0.6 is 11.3 Å². The number of anilines is 1. The minimum atomic E-state index is -0.316. The van der Waals surface area contributed by atoms with Crippen LogP contribution < -0.4 is 10.5 Å². The van der Waals surface area contributed by atoms with Gasteiger partial charge in [-0.2, -0.15) is 10.2 Å². The second kappa shape index (κ2) is 6.10. The van der Waals surface area contributed by atoms with Gasteiger partial charge < -0.3 is 0 Å². The van der Waals surface area contributed by atoms with Gasteiger partial charge in [-0.3, -0.25) is 19.2 Å². The Morgan fingerprint density at radius 2 is 2.04 bits per heavy atom. The number of carbonyl (C=O) groups excluding carboxylic acids is 1. The van der Waals surface area contributed by atoms with Crippen LogP contribution in [0.1, 0.15) is 21.1 Å². The van der Waals surface area contributed by atoms with Gasteiger partial charge >= 0.3 is 0 Å². The number of aryl methyl sites for hydroxylation is 2. The molecule has 0 bridgehead atoms. The van der Waals surface area contributed by atoms with Gasteiger partial charge in [-0.1, -0.05) is 18.2 Å². The van der Waals surface area contributed by atoms with E-state index < -0.39 is 0 Å². The highest BCUT2D eigenvalue weighted by Crippen LogP contribution is 2.39. The quantitative estimate of drug-likeness (QED) is 0.564. The molecule has 3 aromatic heterocycles. The van der Waals surface area contributed by atoms with E-state index in [-0.39, 0.29) is 17.2 Å². The molecule has 5 rings (SSSR count). The van der Waals surface area contributed by atoms with Gasteiger partial charge in [-0.15, -0.1) is 11.3 Å². The monoisotopic (exact) mass is 392 g/mol. The molecule has 9 heteroatoms. The molecule has 1 aromatic carbocycles. The number of aromatic amines is 1. The summed E-state index contributed by atoms with van der Waals surface area (Å²) in [6.45, 7) is 0. The molecule has 4 aromatic rings. The maximum atomic E-state index is 13.1. The number of benzene rings is 1. The molecule has 0 saturated carbocycles. The van der Waals surface area contributed by atoms with Gasteiger partial charge in [-0.25, -0.2) is 10.1 Å². The Kier molecular flexibility index (Phi) is 3.66. The van der Waals surface area contributed by atoms with Crippen LogP contribution in [0.4, 0.5) is 5.13 Å². The minimum absolute atomic E-state index is 0.202. The van der Waals surface area contributed by atoms with Crippen LogP contribution in [0.15, 0.2) is 35.3 Å².